The summed E-state index contributed by atoms with van der Waals surface area (Å²) >= 11 is 0. The van der Waals surface area contributed by atoms with Crippen molar-refractivity contribution in [2.24, 2.45) is 11.8 Å². The van der Waals surface area contributed by atoms with E-state index in [0.29, 0.717) is 18.1 Å². The van der Waals surface area contributed by atoms with Crippen LogP contribution in [0.15, 0.2) is 11.8 Å². The predicted octanol–water partition coefficient (Wildman–Crippen LogP) is 4.40. The van der Waals surface area contributed by atoms with Gasteiger partial charge >= 0.3 is 0 Å². The molecule has 0 aromatic carbocycles. The van der Waals surface area contributed by atoms with Gasteiger partial charge in [0.2, 0.25) is 0 Å². The van der Waals surface area contributed by atoms with Crippen LogP contribution in [0.5, 0.6) is 0 Å². The second-order valence-corrected chi connectivity index (χ2v) is 5.28. The van der Waals surface area contributed by atoms with Crippen molar-refractivity contribution in [3.8, 4) is 0 Å². The number of hydrogen-bond donors (Lipinski definition) is 1. The van der Waals surface area contributed by atoms with Gasteiger partial charge in [-0.1, -0.05) is 46.0 Å². The van der Waals surface area contributed by atoms with E-state index in [1.165, 1.54) is 31.8 Å². The number of allylic oxidation sites excluding steroid dienone is 2. The number of aliphatic hydroxyl groups is 1. The van der Waals surface area contributed by atoms with E-state index in [1.807, 2.05) is 0 Å². The van der Waals surface area contributed by atoms with E-state index in [0.717, 1.165) is 19.3 Å². The maximum Gasteiger partial charge on any atom is 0.159 e. The van der Waals surface area contributed by atoms with Gasteiger partial charge in [-0.2, -0.15) is 0 Å². The third kappa shape index (κ3) is 4.93. The van der Waals surface area contributed by atoms with Crippen LogP contribution in [0.4, 0.5) is 0 Å². The molecule has 1 atom stereocenters. The molecular formula is C15H26O2. The Bertz CT molecular complexity index is 262. The van der Waals surface area contributed by atoms with Gasteiger partial charge in [0.1, 0.15) is 0 Å². The van der Waals surface area contributed by atoms with Gasteiger partial charge in [-0.15, -0.1) is 0 Å². The summed E-state index contributed by atoms with van der Waals surface area (Å²) < 4.78 is 0. The van der Waals surface area contributed by atoms with E-state index in [-0.39, 0.29) is 11.7 Å². The standard InChI is InChI=1S/C15H26O2/c1-3-7-13(4-2)15(17)11-14(16)10-12-8-5-6-9-12/h11-13,17H,3-10H2,1-2H3/b15-11-. The van der Waals surface area contributed by atoms with E-state index in [4.69, 9.17) is 0 Å². The number of rotatable bonds is 7. The zero-order chi connectivity index (χ0) is 12.7. The molecule has 1 saturated carbocycles. The van der Waals surface area contributed by atoms with E-state index in [2.05, 4.69) is 13.8 Å². The minimum absolute atomic E-state index is 0.115. The molecule has 1 fully saturated rings. The van der Waals surface area contributed by atoms with Crippen molar-refractivity contribution >= 4 is 5.78 Å². The van der Waals surface area contributed by atoms with Crippen molar-refractivity contribution in [2.75, 3.05) is 0 Å². The second-order valence-electron chi connectivity index (χ2n) is 5.28. The quantitative estimate of drug-likeness (QED) is 0.527. The summed E-state index contributed by atoms with van der Waals surface area (Å²) in [6.45, 7) is 4.17. The zero-order valence-corrected chi connectivity index (χ0v) is 11.2. The Morgan fingerprint density at radius 3 is 2.53 bits per heavy atom. The maximum atomic E-state index is 11.8. The van der Waals surface area contributed by atoms with Crippen LogP contribution < -0.4 is 0 Å². The fraction of sp³-hybridized carbons (Fsp3) is 0.800. The van der Waals surface area contributed by atoms with Crippen LogP contribution in [0.3, 0.4) is 0 Å². The molecule has 1 unspecified atom stereocenters. The zero-order valence-electron chi connectivity index (χ0n) is 11.2. The van der Waals surface area contributed by atoms with E-state index >= 15 is 0 Å². The molecule has 1 N–H and O–H groups in total. The molecule has 0 aromatic heterocycles. The van der Waals surface area contributed by atoms with Gasteiger partial charge in [0, 0.05) is 18.4 Å². The third-order valence-corrected chi connectivity index (χ3v) is 3.82. The molecule has 0 aromatic rings. The molecule has 0 radical (unpaired) electrons. The lowest BCUT2D eigenvalue weighted by Gasteiger charge is -2.13. The molecule has 0 aliphatic heterocycles. The van der Waals surface area contributed by atoms with Crippen molar-refractivity contribution in [1.29, 1.82) is 0 Å². The molecule has 17 heavy (non-hydrogen) atoms. The Hall–Kier alpha value is -0.790. The molecule has 0 spiro atoms. The number of aliphatic hydroxyl groups excluding tert-OH is 1. The molecule has 0 amide bonds. The first-order valence-corrected chi connectivity index (χ1v) is 7.10. The van der Waals surface area contributed by atoms with Crippen LogP contribution in [-0.4, -0.2) is 10.9 Å². The molecule has 98 valence electrons. The smallest absolute Gasteiger partial charge is 0.159 e. The van der Waals surface area contributed by atoms with Gasteiger partial charge in [-0.05, 0) is 18.8 Å². The normalized spacial score (nSPS) is 19.5. The predicted molar refractivity (Wildman–Crippen MR) is 71.0 cm³/mol. The van der Waals surface area contributed by atoms with Crippen molar-refractivity contribution in [3.05, 3.63) is 11.8 Å². The van der Waals surface area contributed by atoms with Gasteiger partial charge in [0.15, 0.2) is 5.78 Å². The third-order valence-electron chi connectivity index (χ3n) is 3.82. The molecule has 2 heteroatoms. The van der Waals surface area contributed by atoms with Crippen molar-refractivity contribution in [2.45, 2.75) is 65.2 Å². The summed E-state index contributed by atoms with van der Waals surface area (Å²) in [6, 6.07) is 0. The topological polar surface area (TPSA) is 37.3 Å². The minimum Gasteiger partial charge on any atom is -0.512 e. The van der Waals surface area contributed by atoms with E-state index in [1.54, 1.807) is 0 Å². The van der Waals surface area contributed by atoms with Crippen molar-refractivity contribution in [1.82, 2.24) is 0 Å². The lowest BCUT2D eigenvalue weighted by atomic mass is 9.95. The van der Waals surface area contributed by atoms with Gasteiger partial charge in [0.05, 0.1) is 5.76 Å². The summed E-state index contributed by atoms with van der Waals surface area (Å²) in [4.78, 5) is 11.8. The summed E-state index contributed by atoms with van der Waals surface area (Å²) in [5.41, 5.74) is 0. The Morgan fingerprint density at radius 1 is 1.35 bits per heavy atom. The first kappa shape index (κ1) is 14.3. The Morgan fingerprint density at radius 2 is 2.00 bits per heavy atom. The van der Waals surface area contributed by atoms with Crippen LogP contribution >= 0.6 is 0 Å². The van der Waals surface area contributed by atoms with Crippen LogP contribution in [-0.2, 0) is 4.79 Å². The molecule has 0 heterocycles. The van der Waals surface area contributed by atoms with Crippen LogP contribution in [0.1, 0.15) is 65.2 Å². The molecule has 0 bridgehead atoms. The SMILES string of the molecule is CCCC(CC)/C(O)=C/C(=O)CC1CCCC1. The first-order chi connectivity index (χ1) is 8.17. The lowest BCUT2D eigenvalue weighted by molar-refractivity contribution is -0.115. The molecular weight excluding hydrogens is 212 g/mol. The monoisotopic (exact) mass is 238 g/mol. The molecule has 2 nitrogen and oxygen atoms in total. The molecule has 1 aliphatic rings. The number of carbonyl (C=O) groups excluding carboxylic acids is 1. The number of ketones is 1. The van der Waals surface area contributed by atoms with Crippen LogP contribution in [0.2, 0.25) is 0 Å². The van der Waals surface area contributed by atoms with Crippen molar-refractivity contribution in [3.63, 3.8) is 0 Å². The summed E-state index contributed by atoms with van der Waals surface area (Å²) in [6.07, 6.45) is 9.95. The molecule has 1 rings (SSSR count). The Kier molecular flexibility index (Phi) is 6.31. The number of carbonyl (C=O) groups is 1. The van der Waals surface area contributed by atoms with Gasteiger partial charge < -0.3 is 5.11 Å². The first-order valence-electron chi connectivity index (χ1n) is 7.10. The van der Waals surface area contributed by atoms with Gasteiger partial charge in [0.25, 0.3) is 0 Å². The largest absolute Gasteiger partial charge is 0.512 e. The highest BCUT2D eigenvalue weighted by atomic mass is 16.3. The van der Waals surface area contributed by atoms with Crippen LogP contribution in [0, 0.1) is 11.8 Å². The Labute approximate surface area is 105 Å². The highest BCUT2D eigenvalue weighted by molar-refractivity contribution is 5.90. The summed E-state index contributed by atoms with van der Waals surface area (Å²) in [7, 11) is 0. The Balaban J connectivity index is 2.44. The average molecular weight is 238 g/mol. The van der Waals surface area contributed by atoms with E-state index < -0.39 is 0 Å². The van der Waals surface area contributed by atoms with Gasteiger partial charge in [-0.3, -0.25) is 4.79 Å². The summed E-state index contributed by atoms with van der Waals surface area (Å²) in [5, 5.41) is 9.92. The number of hydrogen-bond acceptors (Lipinski definition) is 2. The summed E-state index contributed by atoms with van der Waals surface area (Å²) in [5.74, 6) is 1.16. The fourth-order valence-electron chi connectivity index (χ4n) is 2.75. The van der Waals surface area contributed by atoms with Gasteiger partial charge in [-0.25, -0.2) is 0 Å². The lowest BCUT2D eigenvalue weighted by Crippen LogP contribution is -2.08. The fourth-order valence-corrected chi connectivity index (χ4v) is 2.75. The maximum absolute atomic E-state index is 11.8. The minimum atomic E-state index is 0.115. The second kappa shape index (κ2) is 7.52. The van der Waals surface area contributed by atoms with Crippen LogP contribution in [0.25, 0.3) is 0 Å². The average Bonchev–Trinajstić information content (AvgIpc) is 2.78. The van der Waals surface area contributed by atoms with Crippen molar-refractivity contribution < 1.29 is 9.90 Å². The highest BCUT2D eigenvalue weighted by Gasteiger charge is 2.18. The van der Waals surface area contributed by atoms with E-state index in [9.17, 15) is 9.90 Å². The highest BCUT2D eigenvalue weighted by Crippen LogP contribution is 2.28. The molecule has 0 saturated heterocycles. The molecule has 1 aliphatic carbocycles.